The number of nitrogens with one attached hydrogen (secondary N) is 5. The van der Waals surface area contributed by atoms with Crippen molar-refractivity contribution in [2.75, 3.05) is 13.7 Å². The molecule has 0 unspecified atom stereocenters. The predicted molar refractivity (Wildman–Crippen MR) is 165 cm³/mol. The van der Waals surface area contributed by atoms with Crippen molar-refractivity contribution < 1.29 is 69.3 Å². The van der Waals surface area contributed by atoms with Crippen molar-refractivity contribution in [1.29, 1.82) is 0 Å². The Hall–Kier alpha value is -4.73. The fourth-order valence-corrected chi connectivity index (χ4v) is 4.61. The molecular formula is C30H39F8N7O7. The van der Waals surface area contributed by atoms with E-state index in [1.165, 1.54) is 41.8 Å². The molecule has 0 saturated heterocycles. The number of nitrogens with zero attached hydrogens (tertiary/aromatic N) is 2. The van der Waals surface area contributed by atoms with Crippen LogP contribution < -0.4 is 26.8 Å². The van der Waals surface area contributed by atoms with E-state index in [0.717, 1.165) is 11.8 Å². The summed E-state index contributed by atoms with van der Waals surface area (Å²) in [6.07, 6.45) is -17.0. The van der Waals surface area contributed by atoms with Crippen LogP contribution in [0.15, 0.2) is 36.5 Å². The average molecular weight is 762 g/mol. The minimum atomic E-state index is -5.10. The minimum absolute atomic E-state index is 0.308. The number of methoxy groups -OCH3 is 1. The van der Waals surface area contributed by atoms with Gasteiger partial charge in [0, 0.05) is 18.3 Å². The molecule has 1 aromatic carbocycles. The van der Waals surface area contributed by atoms with E-state index in [0.29, 0.717) is 44.5 Å². The third-order valence-corrected chi connectivity index (χ3v) is 8.13. The second-order valence-electron chi connectivity index (χ2n) is 12.7. The van der Waals surface area contributed by atoms with Gasteiger partial charge < -0.3 is 30.9 Å². The molecule has 0 fully saturated rings. The maximum absolute atomic E-state index is 13.9. The molecule has 4 amide bonds. The van der Waals surface area contributed by atoms with E-state index in [-0.39, 0.29) is 6.42 Å². The molecule has 2 rings (SSSR count). The number of hydrazine groups is 1. The number of halogens is 8. The predicted octanol–water partition coefficient (Wildman–Crippen LogP) is 3.36. The molecule has 0 aliphatic carbocycles. The number of benzene rings is 1. The first-order chi connectivity index (χ1) is 23.8. The maximum atomic E-state index is 13.9. The molecule has 1 heterocycles. The van der Waals surface area contributed by atoms with Gasteiger partial charge in [0.25, 0.3) is 12.3 Å². The van der Waals surface area contributed by atoms with Crippen molar-refractivity contribution in [1.82, 2.24) is 36.6 Å². The molecule has 14 nitrogen and oxygen atoms in total. The molecule has 4 atom stereocenters. The summed E-state index contributed by atoms with van der Waals surface area (Å²) in [6, 6.07) is 1.11. The number of carboxylic acid groups (broad SMARTS) is 1. The number of amides is 4. The highest BCUT2D eigenvalue weighted by atomic mass is 19.4. The summed E-state index contributed by atoms with van der Waals surface area (Å²) in [5.41, 5.74) is -0.667. The number of rotatable bonds is 16. The summed E-state index contributed by atoms with van der Waals surface area (Å²) >= 11 is 0. The zero-order chi connectivity index (χ0) is 39.8. The van der Waals surface area contributed by atoms with Gasteiger partial charge in [-0.2, -0.15) is 31.4 Å². The van der Waals surface area contributed by atoms with Crippen molar-refractivity contribution in [3.63, 3.8) is 0 Å². The lowest BCUT2D eigenvalue weighted by atomic mass is 9.82. The molecule has 22 heteroatoms. The van der Waals surface area contributed by atoms with Gasteiger partial charge in [-0.3, -0.25) is 19.7 Å². The lowest BCUT2D eigenvalue weighted by Crippen LogP contribution is -2.63. The molecule has 1 aromatic heterocycles. The summed E-state index contributed by atoms with van der Waals surface area (Å²) in [7, 11) is 0.845. The molecule has 0 aliphatic rings. The first kappa shape index (κ1) is 43.4. The fraction of sp³-hybridized carbons (Fsp3) is 0.567. The third-order valence-electron chi connectivity index (χ3n) is 8.13. The topological polar surface area (TPSA) is 196 Å². The lowest BCUT2D eigenvalue weighted by Gasteiger charge is -2.36. The largest absolute Gasteiger partial charge is 0.465 e. The standard InChI is InChI=1S/C30H39F8N7O7/c1-27(2,29(33,34)35)21(41-25(49)50)23(47)40-18(12-15-6-8-16(9-7-15)17-10-11-45(44-17)14-20(31)32)19(46)13-39-43-24(48)22(42-26(51)52-5)28(3,4)30(36,37)38/h6-11,18-22,39,41,46H,12-14H2,1-5H3,(H,40,47)(H,42,51)(H,43,48)(H,49,50)/t18-,19-,21+,22+/m0/s1. The molecule has 0 bridgehead atoms. The van der Waals surface area contributed by atoms with E-state index >= 15 is 0 Å². The Morgan fingerprint density at radius 2 is 1.38 bits per heavy atom. The number of carbonyl (C=O) groups excluding carboxylic acids is 3. The number of hydrogen-bond acceptors (Lipinski definition) is 8. The van der Waals surface area contributed by atoms with E-state index in [4.69, 9.17) is 0 Å². The zero-order valence-corrected chi connectivity index (χ0v) is 28.3. The highest BCUT2D eigenvalue weighted by Crippen LogP contribution is 2.41. The van der Waals surface area contributed by atoms with Gasteiger partial charge in [0.05, 0.1) is 35.8 Å². The Bertz CT molecular complexity index is 1530. The Balaban J connectivity index is 2.37. The third kappa shape index (κ3) is 11.4. The molecule has 2 aromatic rings. The molecule has 292 valence electrons. The highest BCUT2D eigenvalue weighted by molar-refractivity contribution is 5.87. The van der Waals surface area contributed by atoms with Crippen LogP contribution in [0, 0.1) is 10.8 Å². The summed E-state index contributed by atoms with van der Waals surface area (Å²) in [5, 5.41) is 29.7. The summed E-state index contributed by atoms with van der Waals surface area (Å²) < 4.78 is 114. The van der Waals surface area contributed by atoms with E-state index in [1.54, 1.807) is 5.32 Å². The van der Waals surface area contributed by atoms with Gasteiger partial charge in [-0.05, 0) is 45.7 Å². The van der Waals surface area contributed by atoms with Crippen LogP contribution in [0.3, 0.4) is 0 Å². The van der Waals surface area contributed by atoms with Crippen molar-refractivity contribution in [2.24, 2.45) is 10.8 Å². The summed E-state index contributed by atoms with van der Waals surface area (Å²) in [4.78, 5) is 49.1. The number of alkyl carbamates (subject to hydrolysis) is 1. The zero-order valence-electron chi connectivity index (χ0n) is 28.3. The van der Waals surface area contributed by atoms with Crippen molar-refractivity contribution in [3.8, 4) is 11.3 Å². The highest BCUT2D eigenvalue weighted by Gasteiger charge is 2.57. The van der Waals surface area contributed by atoms with Gasteiger partial charge in [-0.25, -0.2) is 23.8 Å². The number of aliphatic hydroxyl groups excluding tert-OH is 1. The number of aliphatic hydroxyl groups is 1. The summed E-state index contributed by atoms with van der Waals surface area (Å²) in [5.74, 6) is -2.95. The fourth-order valence-electron chi connectivity index (χ4n) is 4.61. The second kappa shape index (κ2) is 17.2. The Kier molecular flexibility index (Phi) is 14.4. The van der Waals surface area contributed by atoms with Crippen molar-refractivity contribution in [2.45, 2.75) is 83.7 Å². The first-order valence-corrected chi connectivity index (χ1v) is 15.2. The van der Waals surface area contributed by atoms with Crippen LogP contribution in [0.4, 0.5) is 44.7 Å². The normalized spacial score (nSPS) is 14.9. The number of carbonyl (C=O) groups is 4. The monoisotopic (exact) mass is 761 g/mol. The molecule has 7 N–H and O–H groups in total. The van der Waals surface area contributed by atoms with Crippen LogP contribution in [0.25, 0.3) is 11.3 Å². The lowest BCUT2D eigenvalue weighted by molar-refractivity contribution is -0.221. The molecular weight excluding hydrogens is 722 g/mol. The SMILES string of the molecule is COC(=O)N[C@H](C(=O)NNC[C@H](O)[C@H](Cc1ccc(-c2ccn(CC(F)F)n2)cc1)NC(=O)[C@@H](NC(=O)O)C(C)(C)C(F)(F)F)C(C)(C)C(F)(F)F. The number of hydrogen-bond donors (Lipinski definition) is 7. The average Bonchev–Trinajstić information content (AvgIpc) is 3.48. The van der Waals surface area contributed by atoms with Gasteiger partial charge in [0.15, 0.2) is 0 Å². The second-order valence-corrected chi connectivity index (χ2v) is 12.7. The van der Waals surface area contributed by atoms with Crippen molar-refractivity contribution >= 4 is 24.0 Å². The van der Waals surface area contributed by atoms with Gasteiger partial charge in [-0.15, -0.1) is 0 Å². The smallest absolute Gasteiger partial charge is 0.407 e. The Labute approximate surface area is 291 Å². The first-order valence-electron chi connectivity index (χ1n) is 15.2. The summed E-state index contributed by atoms with van der Waals surface area (Å²) in [6.45, 7) is 0.969. The van der Waals surface area contributed by atoms with Crippen LogP contribution in [-0.2, 0) is 27.3 Å². The van der Waals surface area contributed by atoms with Crippen LogP contribution in [0.5, 0.6) is 0 Å². The maximum Gasteiger partial charge on any atom is 0.407 e. The van der Waals surface area contributed by atoms with Gasteiger partial charge in [-0.1, -0.05) is 24.3 Å². The van der Waals surface area contributed by atoms with E-state index in [9.17, 15) is 64.5 Å². The minimum Gasteiger partial charge on any atom is -0.465 e. The number of ether oxygens (including phenoxy) is 1. The molecule has 0 radical (unpaired) electrons. The molecule has 0 spiro atoms. The molecule has 52 heavy (non-hydrogen) atoms. The Morgan fingerprint density at radius 3 is 1.87 bits per heavy atom. The molecule has 0 aliphatic heterocycles. The van der Waals surface area contributed by atoms with Gasteiger partial charge in [0.1, 0.15) is 18.6 Å². The van der Waals surface area contributed by atoms with E-state index < -0.39 is 90.9 Å². The van der Waals surface area contributed by atoms with Crippen LogP contribution in [0.1, 0.15) is 33.3 Å². The quantitative estimate of drug-likeness (QED) is 0.0992. The van der Waals surface area contributed by atoms with Crippen molar-refractivity contribution in [3.05, 3.63) is 42.1 Å². The Morgan fingerprint density at radius 1 is 0.846 bits per heavy atom. The van der Waals surface area contributed by atoms with E-state index in [1.807, 2.05) is 5.43 Å². The van der Waals surface area contributed by atoms with Gasteiger partial charge >= 0.3 is 24.5 Å². The van der Waals surface area contributed by atoms with Crippen LogP contribution in [0.2, 0.25) is 0 Å². The number of alkyl halides is 8. The van der Waals surface area contributed by atoms with Crippen LogP contribution in [-0.4, -0.2) is 101 Å². The van der Waals surface area contributed by atoms with E-state index in [2.05, 4.69) is 20.6 Å². The van der Waals surface area contributed by atoms with Crippen LogP contribution >= 0.6 is 0 Å². The van der Waals surface area contributed by atoms with Gasteiger partial charge in [0.2, 0.25) is 5.91 Å². The molecule has 0 saturated carbocycles. The number of aromatic nitrogens is 2.